The molecule has 0 heterocycles. The maximum atomic E-state index is 12.8. The molecular weight excluding hydrogens is 328 g/mol. The van der Waals surface area contributed by atoms with E-state index in [4.69, 9.17) is 10.5 Å². The molecule has 0 aromatic heterocycles. The molecule has 0 unspecified atom stereocenters. The molecule has 3 rings (SSSR count). The minimum atomic E-state index is -0.588. The molecule has 2 N–H and O–H groups in total. The SMILES string of the molecule is CCN(C(=O)COc1ccccc1C(N)=O)c1cccc2ccccc12. The molecule has 26 heavy (non-hydrogen) atoms. The maximum absolute atomic E-state index is 12.8. The molecule has 0 fully saturated rings. The molecule has 0 aliphatic rings. The van der Waals surface area contributed by atoms with Crippen molar-refractivity contribution in [2.75, 3.05) is 18.1 Å². The van der Waals surface area contributed by atoms with Crippen LogP contribution >= 0.6 is 0 Å². The Bertz CT molecular complexity index is 947. The zero-order valence-corrected chi connectivity index (χ0v) is 14.5. The number of carbonyl (C=O) groups is 2. The Labute approximate surface area is 152 Å². The van der Waals surface area contributed by atoms with E-state index >= 15 is 0 Å². The third kappa shape index (κ3) is 3.52. The smallest absolute Gasteiger partial charge is 0.264 e. The number of nitrogens with zero attached hydrogens (tertiary/aromatic N) is 1. The van der Waals surface area contributed by atoms with Gasteiger partial charge in [-0.25, -0.2) is 0 Å². The number of benzene rings is 3. The quantitative estimate of drug-likeness (QED) is 0.742. The third-order valence-corrected chi connectivity index (χ3v) is 4.18. The summed E-state index contributed by atoms with van der Waals surface area (Å²) in [6, 6.07) is 20.4. The summed E-state index contributed by atoms with van der Waals surface area (Å²) in [5, 5.41) is 2.07. The van der Waals surface area contributed by atoms with Crippen LogP contribution in [0.4, 0.5) is 5.69 Å². The van der Waals surface area contributed by atoms with Crippen LogP contribution in [0.15, 0.2) is 66.7 Å². The van der Waals surface area contributed by atoms with Crippen molar-refractivity contribution in [3.05, 3.63) is 72.3 Å². The van der Waals surface area contributed by atoms with Gasteiger partial charge in [0.25, 0.3) is 11.8 Å². The summed E-state index contributed by atoms with van der Waals surface area (Å²) in [6.07, 6.45) is 0. The molecule has 2 amide bonds. The van der Waals surface area contributed by atoms with E-state index < -0.39 is 5.91 Å². The number of hydrogen-bond donors (Lipinski definition) is 1. The minimum absolute atomic E-state index is 0.179. The van der Waals surface area contributed by atoms with Crippen LogP contribution in [0.2, 0.25) is 0 Å². The topological polar surface area (TPSA) is 72.6 Å². The van der Waals surface area contributed by atoms with Gasteiger partial charge in [0, 0.05) is 11.9 Å². The second-order valence-corrected chi connectivity index (χ2v) is 5.79. The Morgan fingerprint density at radius 2 is 1.65 bits per heavy atom. The average Bonchev–Trinajstić information content (AvgIpc) is 2.67. The second kappa shape index (κ2) is 7.70. The summed E-state index contributed by atoms with van der Waals surface area (Å²) in [5.74, 6) is -0.472. The van der Waals surface area contributed by atoms with Crippen LogP contribution in [0, 0.1) is 0 Å². The molecule has 0 bridgehead atoms. The van der Waals surface area contributed by atoms with E-state index in [0.717, 1.165) is 16.5 Å². The standard InChI is InChI=1S/C21H20N2O3/c1-2-23(18-12-7-9-15-8-3-4-10-16(15)18)20(24)14-26-19-13-6-5-11-17(19)21(22)25/h3-13H,2,14H2,1H3,(H2,22,25). The van der Waals surface area contributed by atoms with Gasteiger partial charge >= 0.3 is 0 Å². The molecule has 0 aliphatic heterocycles. The molecule has 3 aromatic rings. The Balaban J connectivity index is 1.83. The van der Waals surface area contributed by atoms with Crippen molar-refractivity contribution < 1.29 is 14.3 Å². The normalized spacial score (nSPS) is 10.5. The van der Waals surface area contributed by atoms with Crippen LogP contribution in [0.25, 0.3) is 10.8 Å². The van der Waals surface area contributed by atoms with Crippen molar-refractivity contribution in [3.8, 4) is 5.75 Å². The lowest BCUT2D eigenvalue weighted by atomic mass is 10.1. The summed E-state index contributed by atoms with van der Waals surface area (Å²) in [6.45, 7) is 2.24. The number of likely N-dealkylation sites (N-methyl/N-ethyl adjacent to an activating group) is 1. The molecule has 5 heteroatoms. The molecule has 0 radical (unpaired) electrons. The molecular formula is C21H20N2O3. The van der Waals surface area contributed by atoms with Crippen LogP contribution in [-0.4, -0.2) is 25.0 Å². The van der Waals surface area contributed by atoms with E-state index in [2.05, 4.69) is 0 Å². The monoisotopic (exact) mass is 348 g/mol. The first-order chi connectivity index (χ1) is 12.6. The van der Waals surface area contributed by atoms with Crippen molar-refractivity contribution in [2.24, 2.45) is 5.73 Å². The summed E-state index contributed by atoms with van der Waals surface area (Å²) >= 11 is 0. The van der Waals surface area contributed by atoms with Gasteiger partial charge in [0.2, 0.25) is 0 Å². The lowest BCUT2D eigenvalue weighted by Crippen LogP contribution is -2.35. The predicted molar refractivity (Wildman–Crippen MR) is 102 cm³/mol. The predicted octanol–water partition coefficient (Wildman–Crippen LogP) is 3.37. The summed E-state index contributed by atoms with van der Waals surface area (Å²) in [4.78, 5) is 25.9. The van der Waals surface area contributed by atoms with Gasteiger partial charge in [0.1, 0.15) is 5.75 Å². The van der Waals surface area contributed by atoms with Gasteiger partial charge in [-0.05, 0) is 30.5 Å². The number of ether oxygens (including phenoxy) is 1. The molecule has 0 saturated heterocycles. The highest BCUT2D eigenvalue weighted by Gasteiger charge is 2.18. The molecule has 3 aromatic carbocycles. The van der Waals surface area contributed by atoms with Gasteiger partial charge in [-0.3, -0.25) is 9.59 Å². The van der Waals surface area contributed by atoms with Crippen LogP contribution in [-0.2, 0) is 4.79 Å². The number of hydrogen-bond acceptors (Lipinski definition) is 3. The van der Waals surface area contributed by atoms with E-state index in [-0.39, 0.29) is 18.1 Å². The lowest BCUT2D eigenvalue weighted by Gasteiger charge is -2.23. The lowest BCUT2D eigenvalue weighted by molar-refractivity contribution is -0.120. The fourth-order valence-corrected chi connectivity index (χ4v) is 2.94. The molecule has 0 atom stereocenters. The third-order valence-electron chi connectivity index (χ3n) is 4.18. The molecule has 0 spiro atoms. The van der Waals surface area contributed by atoms with Crippen molar-refractivity contribution in [1.82, 2.24) is 0 Å². The van der Waals surface area contributed by atoms with Gasteiger partial charge in [0.05, 0.1) is 11.3 Å². The first kappa shape index (κ1) is 17.5. The van der Waals surface area contributed by atoms with Gasteiger partial charge < -0.3 is 15.4 Å². The zero-order valence-electron chi connectivity index (χ0n) is 14.5. The molecule has 0 saturated carbocycles. The Hall–Kier alpha value is -3.34. The van der Waals surface area contributed by atoms with E-state index in [1.165, 1.54) is 0 Å². The highest BCUT2D eigenvalue weighted by Crippen LogP contribution is 2.27. The average molecular weight is 348 g/mol. The maximum Gasteiger partial charge on any atom is 0.264 e. The van der Waals surface area contributed by atoms with Gasteiger partial charge in [-0.2, -0.15) is 0 Å². The summed E-state index contributed by atoms with van der Waals surface area (Å²) in [7, 11) is 0. The van der Waals surface area contributed by atoms with Crippen LogP contribution in [0.5, 0.6) is 5.75 Å². The van der Waals surface area contributed by atoms with Crippen molar-refractivity contribution in [3.63, 3.8) is 0 Å². The number of rotatable bonds is 6. The van der Waals surface area contributed by atoms with Crippen LogP contribution < -0.4 is 15.4 Å². The van der Waals surface area contributed by atoms with Crippen LogP contribution in [0.3, 0.4) is 0 Å². The Kier molecular flexibility index (Phi) is 5.17. The van der Waals surface area contributed by atoms with E-state index in [9.17, 15) is 9.59 Å². The summed E-state index contributed by atoms with van der Waals surface area (Å²) in [5.41, 5.74) is 6.44. The largest absolute Gasteiger partial charge is 0.483 e. The number of nitrogens with two attached hydrogens (primary N) is 1. The second-order valence-electron chi connectivity index (χ2n) is 5.79. The van der Waals surface area contributed by atoms with Gasteiger partial charge in [-0.15, -0.1) is 0 Å². The fraction of sp³-hybridized carbons (Fsp3) is 0.143. The number of para-hydroxylation sites is 1. The molecule has 132 valence electrons. The molecule has 5 nitrogen and oxygen atoms in total. The van der Waals surface area contributed by atoms with Gasteiger partial charge in [-0.1, -0.05) is 48.5 Å². The number of carbonyl (C=O) groups excluding carboxylic acids is 2. The van der Waals surface area contributed by atoms with Gasteiger partial charge in [0.15, 0.2) is 6.61 Å². The van der Waals surface area contributed by atoms with Crippen molar-refractivity contribution in [1.29, 1.82) is 0 Å². The number of amides is 2. The summed E-state index contributed by atoms with van der Waals surface area (Å²) < 4.78 is 5.58. The first-order valence-corrected chi connectivity index (χ1v) is 8.41. The fourth-order valence-electron chi connectivity index (χ4n) is 2.94. The minimum Gasteiger partial charge on any atom is -0.483 e. The van der Waals surface area contributed by atoms with Crippen molar-refractivity contribution in [2.45, 2.75) is 6.92 Å². The van der Waals surface area contributed by atoms with E-state index in [1.807, 2.05) is 49.4 Å². The molecule has 0 aliphatic carbocycles. The van der Waals surface area contributed by atoms with Crippen molar-refractivity contribution >= 4 is 28.3 Å². The Morgan fingerprint density at radius 1 is 0.962 bits per heavy atom. The Morgan fingerprint density at radius 3 is 2.42 bits per heavy atom. The number of primary amides is 1. The number of anilines is 1. The van der Waals surface area contributed by atoms with E-state index in [0.29, 0.717) is 12.3 Å². The number of fused-ring (bicyclic) bond motifs is 1. The first-order valence-electron chi connectivity index (χ1n) is 8.41. The van der Waals surface area contributed by atoms with Crippen LogP contribution in [0.1, 0.15) is 17.3 Å². The zero-order chi connectivity index (χ0) is 18.5. The highest BCUT2D eigenvalue weighted by molar-refractivity contribution is 6.04. The van der Waals surface area contributed by atoms with E-state index in [1.54, 1.807) is 29.2 Å². The highest BCUT2D eigenvalue weighted by atomic mass is 16.5.